The number of nitrogens with one attached hydrogen (secondary N) is 2. The maximum Gasteiger partial charge on any atom is 0.206 e. The Balaban J connectivity index is 1.35. The number of hydrogen-bond donors (Lipinski definition) is 2. The van der Waals surface area contributed by atoms with E-state index in [9.17, 15) is 0 Å². The van der Waals surface area contributed by atoms with E-state index in [0.717, 1.165) is 31.4 Å². The molecule has 3 heterocycles. The van der Waals surface area contributed by atoms with Crippen LogP contribution in [0.2, 0.25) is 0 Å². The zero-order valence-electron chi connectivity index (χ0n) is 13.6. The lowest BCUT2D eigenvalue weighted by molar-refractivity contribution is -1.03. The van der Waals surface area contributed by atoms with Gasteiger partial charge in [-0.25, -0.2) is 4.68 Å². The molecule has 1 aromatic carbocycles. The van der Waals surface area contributed by atoms with Crippen molar-refractivity contribution in [3.05, 3.63) is 41.7 Å². The molecule has 0 bridgehead atoms. The van der Waals surface area contributed by atoms with Gasteiger partial charge in [0.15, 0.2) is 0 Å². The molecule has 0 amide bonds. The molecule has 6 nitrogen and oxygen atoms in total. The standard InChI is InChI=1S/C17H24N6/c1-2-5-15(6-3-1)8-10-23-17(18-19-20-23)14-21-11-12-22-9-4-7-16(22)13-21/h1-3,5-6,16H,4,7-14H2/p+2/t16-/m1/s1. The van der Waals surface area contributed by atoms with Crippen LogP contribution in [0.3, 0.4) is 0 Å². The molecule has 2 aromatic rings. The largest absolute Gasteiger partial charge is 0.323 e. The van der Waals surface area contributed by atoms with E-state index in [1.54, 1.807) is 4.90 Å². The molecular formula is C17H26N6+2. The molecule has 2 unspecified atom stereocenters. The van der Waals surface area contributed by atoms with E-state index in [1.807, 2.05) is 9.58 Å². The Morgan fingerprint density at radius 2 is 2.04 bits per heavy atom. The summed E-state index contributed by atoms with van der Waals surface area (Å²) in [6.45, 7) is 7.04. The Hall–Kier alpha value is -1.79. The minimum atomic E-state index is 0.862. The zero-order valence-corrected chi connectivity index (χ0v) is 13.6. The van der Waals surface area contributed by atoms with Gasteiger partial charge in [-0.1, -0.05) is 30.3 Å². The molecule has 2 N–H and O–H groups in total. The predicted octanol–water partition coefficient (Wildman–Crippen LogP) is -1.64. The van der Waals surface area contributed by atoms with Crippen molar-refractivity contribution in [1.29, 1.82) is 0 Å². The van der Waals surface area contributed by atoms with Gasteiger partial charge in [-0.05, 0) is 22.4 Å². The van der Waals surface area contributed by atoms with E-state index in [1.165, 1.54) is 44.6 Å². The maximum absolute atomic E-state index is 4.28. The highest BCUT2D eigenvalue weighted by atomic mass is 15.5. The van der Waals surface area contributed by atoms with E-state index in [4.69, 9.17) is 0 Å². The number of tetrazole rings is 1. The van der Waals surface area contributed by atoms with Gasteiger partial charge in [0.2, 0.25) is 5.82 Å². The molecule has 0 radical (unpaired) electrons. The number of hydrogen-bond acceptors (Lipinski definition) is 3. The molecule has 1 aromatic heterocycles. The number of fused-ring (bicyclic) bond motifs is 1. The second-order valence-electron chi connectivity index (χ2n) is 6.93. The summed E-state index contributed by atoms with van der Waals surface area (Å²) in [5, 5.41) is 12.4. The van der Waals surface area contributed by atoms with Gasteiger partial charge < -0.3 is 9.80 Å². The van der Waals surface area contributed by atoms with E-state index in [2.05, 4.69) is 45.9 Å². The number of rotatable bonds is 5. The van der Waals surface area contributed by atoms with Gasteiger partial charge in [0, 0.05) is 19.4 Å². The van der Waals surface area contributed by atoms with Crippen LogP contribution in [-0.2, 0) is 19.5 Å². The second kappa shape index (κ2) is 6.76. The van der Waals surface area contributed by atoms with Gasteiger partial charge in [-0.2, -0.15) is 0 Å². The average molecular weight is 314 g/mol. The monoisotopic (exact) mass is 314 g/mol. The van der Waals surface area contributed by atoms with E-state index in [0.29, 0.717) is 0 Å². The lowest BCUT2D eigenvalue weighted by Gasteiger charge is -2.31. The number of piperazine rings is 1. The first-order valence-corrected chi connectivity index (χ1v) is 8.85. The SMILES string of the molecule is c1ccc(CCn2nnnc2C[NH+]2CC[NH+]3CCC[C@@H]3C2)cc1. The van der Waals surface area contributed by atoms with E-state index >= 15 is 0 Å². The normalized spacial score (nSPS) is 27.0. The van der Waals surface area contributed by atoms with Gasteiger partial charge in [0.05, 0.1) is 6.54 Å². The minimum absolute atomic E-state index is 0.862. The van der Waals surface area contributed by atoms with Crippen LogP contribution in [0.15, 0.2) is 30.3 Å². The number of aryl methyl sites for hydroxylation is 2. The lowest BCUT2D eigenvalue weighted by Crippen LogP contribution is -3.29. The van der Waals surface area contributed by atoms with Crippen LogP contribution in [-0.4, -0.2) is 52.4 Å². The summed E-state index contributed by atoms with van der Waals surface area (Å²) in [5.41, 5.74) is 1.34. The average Bonchev–Trinajstić information content (AvgIpc) is 3.22. The van der Waals surface area contributed by atoms with E-state index in [-0.39, 0.29) is 0 Å². The molecule has 2 aliphatic rings. The summed E-state index contributed by atoms with van der Waals surface area (Å²) in [5.74, 6) is 1.04. The van der Waals surface area contributed by atoms with Crippen LogP contribution in [0.4, 0.5) is 0 Å². The lowest BCUT2D eigenvalue weighted by atomic mass is 10.1. The number of quaternary nitrogens is 2. The summed E-state index contributed by atoms with van der Waals surface area (Å²) in [4.78, 5) is 3.48. The van der Waals surface area contributed by atoms with Gasteiger partial charge in [0.25, 0.3) is 0 Å². The van der Waals surface area contributed by atoms with Crippen molar-refractivity contribution < 1.29 is 9.80 Å². The fourth-order valence-electron chi connectivity index (χ4n) is 4.13. The molecule has 0 aliphatic carbocycles. The smallest absolute Gasteiger partial charge is 0.206 e. The highest BCUT2D eigenvalue weighted by Crippen LogP contribution is 2.03. The first-order chi connectivity index (χ1) is 11.4. The number of nitrogens with zero attached hydrogens (tertiary/aromatic N) is 4. The molecule has 4 rings (SSSR count). The highest BCUT2D eigenvalue weighted by molar-refractivity contribution is 5.14. The maximum atomic E-state index is 4.28. The van der Waals surface area contributed by atoms with Gasteiger partial charge in [-0.15, -0.1) is 5.10 Å². The van der Waals surface area contributed by atoms with Gasteiger partial charge in [-0.3, -0.25) is 0 Å². The first-order valence-electron chi connectivity index (χ1n) is 8.85. The topological polar surface area (TPSA) is 52.5 Å². The number of aromatic nitrogens is 4. The van der Waals surface area contributed by atoms with Crippen molar-refractivity contribution in [3.63, 3.8) is 0 Å². The molecule has 23 heavy (non-hydrogen) atoms. The fraction of sp³-hybridized carbons (Fsp3) is 0.588. The molecule has 2 fully saturated rings. The third kappa shape index (κ3) is 3.43. The second-order valence-corrected chi connectivity index (χ2v) is 6.93. The van der Waals surface area contributed by atoms with Crippen molar-refractivity contribution in [2.24, 2.45) is 0 Å². The quantitative estimate of drug-likeness (QED) is 0.696. The summed E-state index contributed by atoms with van der Waals surface area (Å²) < 4.78 is 1.99. The molecule has 0 spiro atoms. The van der Waals surface area contributed by atoms with Crippen molar-refractivity contribution in [2.45, 2.75) is 38.4 Å². The molecule has 122 valence electrons. The fourth-order valence-corrected chi connectivity index (χ4v) is 4.13. The molecule has 2 aliphatic heterocycles. The van der Waals surface area contributed by atoms with Crippen molar-refractivity contribution in [3.8, 4) is 0 Å². The van der Waals surface area contributed by atoms with Gasteiger partial charge in [0.1, 0.15) is 32.2 Å². The van der Waals surface area contributed by atoms with Crippen molar-refractivity contribution in [2.75, 3.05) is 26.2 Å². The van der Waals surface area contributed by atoms with Gasteiger partial charge >= 0.3 is 0 Å². The van der Waals surface area contributed by atoms with Crippen LogP contribution in [0.1, 0.15) is 24.2 Å². The Bertz CT molecular complexity index is 625. The molecule has 3 atom stereocenters. The molecule has 6 heteroatoms. The van der Waals surface area contributed by atoms with E-state index < -0.39 is 0 Å². The minimum Gasteiger partial charge on any atom is -0.323 e. The summed E-state index contributed by atoms with van der Waals surface area (Å²) >= 11 is 0. The third-order valence-electron chi connectivity index (χ3n) is 5.43. The van der Waals surface area contributed by atoms with Crippen LogP contribution in [0.25, 0.3) is 0 Å². The molecule has 0 saturated carbocycles. The first kappa shape index (κ1) is 14.8. The third-order valence-corrected chi connectivity index (χ3v) is 5.43. The van der Waals surface area contributed by atoms with Crippen LogP contribution in [0.5, 0.6) is 0 Å². The van der Waals surface area contributed by atoms with Crippen LogP contribution in [0, 0.1) is 0 Å². The Labute approximate surface area is 137 Å². The summed E-state index contributed by atoms with van der Waals surface area (Å²) in [7, 11) is 0. The molecular weight excluding hydrogens is 288 g/mol. The summed E-state index contributed by atoms with van der Waals surface area (Å²) in [6, 6.07) is 11.4. The van der Waals surface area contributed by atoms with Crippen molar-refractivity contribution >= 4 is 0 Å². The Kier molecular flexibility index (Phi) is 4.35. The Morgan fingerprint density at radius 1 is 1.13 bits per heavy atom. The zero-order chi connectivity index (χ0) is 15.5. The summed E-state index contributed by atoms with van der Waals surface area (Å²) in [6.07, 6.45) is 3.79. The van der Waals surface area contributed by atoms with Crippen LogP contribution >= 0.6 is 0 Å². The van der Waals surface area contributed by atoms with Crippen LogP contribution < -0.4 is 9.80 Å². The number of benzene rings is 1. The Morgan fingerprint density at radius 3 is 2.96 bits per heavy atom. The predicted molar refractivity (Wildman–Crippen MR) is 86.1 cm³/mol. The van der Waals surface area contributed by atoms with Crippen molar-refractivity contribution in [1.82, 2.24) is 20.2 Å². The highest BCUT2D eigenvalue weighted by Gasteiger charge is 2.37. The molecule has 2 saturated heterocycles.